The number of nitrogens with one attached hydrogen (secondary N) is 2. The molecule has 2 rings (SSSR count). The molecule has 4 N–H and O–H groups in total. The van der Waals surface area contributed by atoms with Gasteiger partial charge in [0, 0.05) is 12.6 Å². The van der Waals surface area contributed by atoms with Crippen molar-refractivity contribution in [3.05, 3.63) is 16.4 Å². The lowest BCUT2D eigenvalue weighted by Gasteiger charge is -2.17. The molecular weight excluding hydrogens is 224 g/mol. The highest BCUT2D eigenvalue weighted by Gasteiger charge is 2.32. The first-order valence-corrected chi connectivity index (χ1v) is 5.37. The summed E-state index contributed by atoms with van der Waals surface area (Å²) in [6.07, 6.45) is -0.0627. The van der Waals surface area contributed by atoms with E-state index in [1.807, 2.05) is 13.8 Å². The minimum Gasteiger partial charge on any atom is -0.369 e. The highest BCUT2D eigenvalue weighted by molar-refractivity contribution is 5.37. The van der Waals surface area contributed by atoms with Gasteiger partial charge >= 0.3 is 0 Å². The Labute approximate surface area is 98.3 Å². The van der Waals surface area contributed by atoms with Crippen LogP contribution in [0.3, 0.4) is 0 Å². The molecule has 1 aliphatic rings. The minimum absolute atomic E-state index is 0.0627. The number of rotatable bonds is 3. The van der Waals surface area contributed by atoms with E-state index in [0.717, 1.165) is 0 Å². The molecular formula is C10H16N4O3. The fraction of sp³-hybridized carbons (Fsp3) is 0.600. The molecule has 0 radical (unpaired) electrons. The maximum Gasteiger partial charge on any atom is 0.254 e. The number of aromatic amines is 1. The number of hydrogen-bond donors (Lipinski definition) is 3. The molecule has 7 heteroatoms. The molecule has 2 heterocycles. The summed E-state index contributed by atoms with van der Waals surface area (Å²) in [6, 6.07) is 1.34. The van der Waals surface area contributed by atoms with E-state index in [4.69, 9.17) is 15.2 Å². The second kappa shape index (κ2) is 4.34. The van der Waals surface area contributed by atoms with Crippen molar-refractivity contribution in [3.63, 3.8) is 0 Å². The van der Waals surface area contributed by atoms with Crippen LogP contribution in [0.2, 0.25) is 0 Å². The van der Waals surface area contributed by atoms with Crippen molar-refractivity contribution >= 4 is 11.8 Å². The molecule has 1 aliphatic heterocycles. The third-order valence-electron chi connectivity index (χ3n) is 2.34. The van der Waals surface area contributed by atoms with Gasteiger partial charge in [-0.2, -0.15) is 4.98 Å². The summed E-state index contributed by atoms with van der Waals surface area (Å²) >= 11 is 0. The first kappa shape index (κ1) is 11.9. The van der Waals surface area contributed by atoms with Crippen molar-refractivity contribution < 1.29 is 9.47 Å². The fourth-order valence-corrected chi connectivity index (χ4v) is 1.65. The summed E-state index contributed by atoms with van der Waals surface area (Å²) < 4.78 is 11.0. The fourth-order valence-electron chi connectivity index (χ4n) is 1.65. The van der Waals surface area contributed by atoms with Crippen molar-refractivity contribution in [2.75, 3.05) is 24.2 Å². The van der Waals surface area contributed by atoms with Gasteiger partial charge in [-0.05, 0) is 13.8 Å². The first-order chi connectivity index (χ1) is 7.94. The number of nitrogens with zero attached hydrogens (tertiary/aromatic N) is 1. The number of nitrogen functional groups attached to an aromatic ring is 1. The topological polar surface area (TPSA) is 102 Å². The Morgan fingerprint density at radius 1 is 1.71 bits per heavy atom. The summed E-state index contributed by atoms with van der Waals surface area (Å²) in [5.41, 5.74) is 5.14. The number of anilines is 2. The zero-order valence-corrected chi connectivity index (χ0v) is 9.82. The summed E-state index contributed by atoms with van der Waals surface area (Å²) in [4.78, 5) is 17.5. The van der Waals surface area contributed by atoms with Gasteiger partial charge in [0.2, 0.25) is 5.95 Å². The van der Waals surface area contributed by atoms with Crippen LogP contribution in [0.15, 0.2) is 10.9 Å². The molecule has 0 bridgehead atoms. The van der Waals surface area contributed by atoms with Crippen LogP contribution in [0.1, 0.15) is 13.8 Å². The summed E-state index contributed by atoms with van der Waals surface area (Å²) in [5, 5.41) is 2.99. The molecule has 0 aromatic carbocycles. The van der Waals surface area contributed by atoms with E-state index >= 15 is 0 Å². The quantitative estimate of drug-likeness (QED) is 0.682. The van der Waals surface area contributed by atoms with Gasteiger partial charge in [0.15, 0.2) is 5.79 Å². The van der Waals surface area contributed by atoms with Crippen molar-refractivity contribution in [1.29, 1.82) is 0 Å². The molecule has 17 heavy (non-hydrogen) atoms. The van der Waals surface area contributed by atoms with Crippen LogP contribution in [0, 0.1) is 0 Å². The number of aromatic nitrogens is 2. The number of nitrogens with two attached hydrogens (primary N) is 1. The van der Waals surface area contributed by atoms with Gasteiger partial charge in [-0.15, -0.1) is 0 Å². The molecule has 0 aliphatic carbocycles. The Hall–Kier alpha value is -1.60. The molecule has 1 aromatic heterocycles. The Morgan fingerprint density at radius 2 is 2.47 bits per heavy atom. The third kappa shape index (κ3) is 3.18. The Balaban J connectivity index is 1.92. The lowest BCUT2D eigenvalue weighted by Crippen LogP contribution is -2.26. The Kier molecular flexibility index (Phi) is 3.03. The van der Waals surface area contributed by atoms with Gasteiger partial charge in [-0.3, -0.25) is 9.78 Å². The third-order valence-corrected chi connectivity index (χ3v) is 2.34. The average Bonchev–Trinajstić information content (AvgIpc) is 2.54. The molecule has 1 fully saturated rings. The summed E-state index contributed by atoms with van der Waals surface area (Å²) in [6.45, 7) is 4.74. The van der Waals surface area contributed by atoms with Crippen LogP contribution in [0.5, 0.6) is 0 Å². The van der Waals surface area contributed by atoms with E-state index in [0.29, 0.717) is 19.0 Å². The number of hydrogen-bond acceptors (Lipinski definition) is 6. The van der Waals surface area contributed by atoms with E-state index in [1.165, 1.54) is 6.07 Å². The summed E-state index contributed by atoms with van der Waals surface area (Å²) in [5.74, 6) is -0.0315. The van der Waals surface area contributed by atoms with Gasteiger partial charge in [-0.1, -0.05) is 0 Å². The molecule has 0 spiro atoms. The highest BCUT2D eigenvalue weighted by Crippen LogP contribution is 2.22. The van der Waals surface area contributed by atoms with Crippen LogP contribution in [0.25, 0.3) is 0 Å². The zero-order valence-electron chi connectivity index (χ0n) is 9.82. The smallest absolute Gasteiger partial charge is 0.254 e. The molecule has 7 nitrogen and oxygen atoms in total. The molecule has 1 atom stereocenters. The average molecular weight is 240 g/mol. The lowest BCUT2D eigenvalue weighted by atomic mass is 10.3. The molecule has 94 valence electrons. The van der Waals surface area contributed by atoms with Crippen LogP contribution >= 0.6 is 0 Å². The predicted octanol–water partition coefficient (Wildman–Crippen LogP) is -0.0845. The Morgan fingerprint density at radius 3 is 3.06 bits per heavy atom. The monoisotopic (exact) mass is 240 g/mol. The first-order valence-electron chi connectivity index (χ1n) is 5.37. The van der Waals surface area contributed by atoms with E-state index in [9.17, 15) is 4.79 Å². The molecule has 1 aromatic rings. The van der Waals surface area contributed by atoms with Crippen LogP contribution in [-0.4, -0.2) is 35.0 Å². The second-order valence-electron chi connectivity index (χ2n) is 4.35. The number of ether oxygens (including phenoxy) is 2. The molecule has 0 amide bonds. The molecule has 1 saturated heterocycles. The Bertz CT molecular complexity index is 457. The van der Waals surface area contributed by atoms with Gasteiger partial charge in [-0.25, -0.2) is 0 Å². The minimum atomic E-state index is -0.549. The van der Waals surface area contributed by atoms with E-state index in [-0.39, 0.29) is 17.6 Å². The van der Waals surface area contributed by atoms with E-state index in [2.05, 4.69) is 15.3 Å². The largest absolute Gasteiger partial charge is 0.369 e. The zero-order chi connectivity index (χ0) is 12.5. The van der Waals surface area contributed by atoms with Gasteiger partial charge in [0.25, 0.3) is 5.56 Å². The highest BCUT2D eigenvalue weighted by atomic mass is 16.7. The van der Waals surface area contributed by atoms with Gasteiger partial charge < -0.3 is 20.5 Å². The van der Waals surface area contributed by atoms with Gasteiger partial charge in [0.05, 0.1) is 6.61 Å². The standard InChI is InChI=1S/C10H16N4O3/c1-10(2)16-5-6(17-10)4-12-7-3-8(15)14-9(11)13-7/h3,6H,4-5H2,1-2H3,(H4,11,12,13,14,15). The van der Waals surface area contributed by atoms with Crippen molar-refractivity contribution in [1.82, 2.24) is 9.97 Å². The van der Waals surface area contributed by atoms with Crippen molar-refractivity contribution in [3.8, 4) is 0 Å². The maximum absolute atomic E-state index is 11.1. The van der Waals surface area contributed by atoms with E-state index in [1.54, 1.807) is 0 Å². The predicted molar refractivity (Wildman–Crippen MR) is 62.7 cm³/mol. The lowest BCUT2D eigenvalue weighted by molar-refractivity contribution is -0.136. The SMILES string of the molecule is CC1(C)OCC(CNc2cc(=O)[nH]c(N)n2)O1. The maximum atomic E-state index is 11.1. The van der Waals surface area contributed by atoms with Crippen LogP contribution < -0.4 is 16.6 Å². The van der Waals surface area contributed by atoms with Crippen LogP contribution in [-0.2, 0) is 9.47 Å². The van der Waals surface area contributed by atoms with E-state index < -0.39 is 5.79 Å². The van der Waals surface area contributed by atoms with Crippen LogP contribution in [0.4, 0.5) is 11.8 Å². The second-order valence-corrected chi connectivity index (χ2v) is 4.35. The molecule has 1 unspecified atom stereocenters. The summed E-state index contributed by atoms with van der Waals surface area (Å²) in [7, 11) is 0. The van der Waals surface area contributed by atoms with Crippen molar-refractivity contribution in [2.45, 2.75) is 25.7 Å². The van der Waals surface area contributed by atoms with Gasteiger partial charge in [0.1, 0.15) is 11.9 Å². The molecule has 0 saturated carbocycles. The van der Waals surface area contributed by atoms with Crippen molar-refractivity contribution in [2.24, 2.45) is 0 Å². The normalized spacial score (nSPS) is 22.6. The number of H-pyrrole nitrogens is 1.